The van der Waals surface area contributed by atoms with Crippen LogP contribution in [0, 0.1) is 5.92 Å². The maximum absolute atomic E-state index is 12.7. The van der Waals surface area contributed by atoms with Gasteiger partial charge in [-0.3, -0.25) is 10.4 Å². The van der Waals surface area contributed by atoms with E-state index in [0.29, 0.717) is 25.5 Å². The van der Waals surface area contributed by atoms with Crippen molar-refractivity contribution in [2.45, 2.75) is 38.8 Å². The minimum atomic E-state index is -4.14. The molecule has 7 heteroatoms. The Morgan fingerprint density at radius 2 is 2.22 bits per heavy atom. The number of guanidine groups is 1. The highest BCUT2D eigenvalue weighted by molar-refractivity contribution is 5.79. The summed E-state index contributed by atoms with van der Waals surface area (Å²) in [5.41, 5.74) is 2.41. The summed E-state index contributed by atoms with van der Waals surface area (Å²) in [7, 11) is 0. The maximum atomic E-state index is 12.7. The number of unbranched alkanes of at least 4 members (excludes halogenated alkanes) is 1. The molecule has 1 heterocycles. The number of likely N-dealkylation sites (tertiary alicyclic amines) is 1. The molecule has 1 fully saturated rings. The van der Waals surface area contributed by atoms with Crippen molar-refractivity contribution in [2.75, 3.05) is 19.6 Å². The first-order chi connectivity index (χ1) is 8.49. The fraction of sp³-hybridized carbons (Fsp3) is 0.909. The van der Waals surface area contributed by atoms with Gasteiger partial charge < -0.3 is 4.90 Å². The van der Waals surface area contributed by atoms with E-state index in [-0.39, 0.29) is 13.0 Å². The van der Waals surface area contributed by atoms with Gasteiger partial charge in [0.15, 0.2) is 0 Å². The molecule has 1 unspecified atom stereocenters. The van der Waals surface area contributed by atoms with Crippen LogP contribution in [0.25, 0.3) is 0 Å². The molecule has 1 saturated heterocycles. The van der Waals surface area contributed by atoms with Crippen LogP contribution in [0.4, 0.5) is 13.2 Å². The van der Waals surface area contributed by atoms with Crippen molar-refractivity contribution in [1.29, 1.82) is 0 Å². The molecule has 1 aliphatic rings. The first-order valence-electron chi connectivity index (χ1n) is 6.31. The van der Waals surface area contributed by atoms with E-state index in [1.807, 2.05) is 6.92 Å². The second-order valence-electron chi connectivity index (χ2n) is 4.53. The molecule has 0 radical (unpaired) electrons. The Balaban J connectivity index is 2.60. The van der Waals surface area contributed by atoms with Gasteiger partial charge in [-0.05, 0) is 19.3 Å². The van der Waals surface area contributed by atoms with Crippen molar-refractivity contribution in [3.8, 4) is 0 Å². The van der Waals surface area contributed by atoms with Crippen molar-refractivity contribution >= 4 is 5.96 Å². The van der Waals surface area contributed by atoms with Gasteiger partial charge in [-0.15, -0.1) is 0 Å². The summed E-state index contributed by atoms with van der Waals surface area (Å²) in [5.74, 6) is 4.43. The molecule has 0 saturated carbocycles. The fourth-order valence-electron chi connectivity index (χ4n) is 2.02. The monoisotopic (exact) mass is 266 g/mol. The number of nitrogens with two attached hydrogens (primary N) is 1. The van der Waals surface area contributed by atoms with Crippen molar-refractivity contribution < 1.29 is 13.2 Å². The number of nitrogens with one attached hydrogen (secondary N) is 1. The number of hydrazine groups is 1. The molecule has 4 nitrogen and oxygen atoms in total. The lowest BCUT2D eigenvalue weighted by Crippen LogP contribution is -2.51. The normalized spacial score (nSPS) is 22.2. The van der Waals surface area contributed by atoms with Gasteiger partial charge in [-0.2, -0.15) is 13.2 Å². The lowest BCUT2D eigenvalue weighted by Gasteiger charge is -2.35. The Morgan fingerprint density at radius 1 is 1.50 bits per heavy atom. The van der Waals surface area contributed by atoms with Crippen LogP contribution in [0.5, 0.6) is 0 Å². The van der Waals surface area contributed by atoms with E-state index in [4.69, 9.17) is 5.84 Å². The number of rotatable bonds is 3. The molecule has 0 amide bonds. The molecule has 106 valence electrons. The van der Waals surface area contributed by atoms with Crippen LogP contribution in [0.1, 0.15) is 32.6 Å². The van der Waals surface area contributed by atoms with Crippen molar-refractivity contribution in [2.24, 2.45) is 16.8 Å². The van der Waals surface area contributed by atoms with Gasteiger partial charge in [0.05, 0.1) is 5.92 Å². The molecular formula is C11H21F3N4. The van der Waals surface area contributed by atoms with Gasteiger partial charge in [0, 0.05) is 19.6 Å². The molecule has 18 heavy (non-hydrogen) atoms. The summed E-state index contributed by atoms with van der Waals surface area (Å²) in [6.45, 7) is 3.13. The second-order valence-corrected chi connectivity index (χ2v) is 4.53. The number of hydrogen-bond donors (Lipinski definition) is 2. The molecule has 0 aromatic rings. The number of alkyl halides is 3. The Morgan fingerprint density at radius 3 is 2.78 bits per heavy atom. The summed E-state index contributed by atoms with van der Waals surface area (Å²) in [4.78, 5) is 5.81. The number of aliphatic imine (C=N–C) groups is 1. The van der Waals surface area contributed by atoms with Crippen LogP contribution in [0.2, 0.25) is 0 Å². The van der Waals surface area contributed by atoms with Crippen LogP contribution in [-0.2, 0) is 0 Å². The average molecular weight is 266 g/mol. The largest absolute Gasteiger partial charge is 0.393 e. The smallest absolute Gasteiger partial charge is 0.341 e. The van der Waals surface area contributed by atoms with Gasteiger partial charge >= 0.3 is 6.18 Å². The van der Waals surface area contributed by atoms with E-state index in [9.17, 15) is 13.2 Å². The molecule has 0 aliphatic carbocycles. The summed E-state index contributed by atoms with van der Waals surface area (Å²) < 4.78 is 38.0. The van der Waals surface area contributed by atoms with E-state index in [2.05, 4.69) is 10.4 Å². The van der Waals surface area contributed by atoms with Crippen LogP contribution in [0.3, 0.4) is 0 Å². The van der Waals surface area contributed by atoms with Crippen LogP contribution in [0.15, 0.2) is 4.99 Å². The maximum Gasteiger partial charge on any atom is 0.393 e. The van der Waals surface area contributed by atoms with Crippen LogP contribution >= 0.6 is 0 Å². The minimum absolute atomic E-state index is 0.0569. The Bertz CT molecular complexity index is 278. The molecule has 3 N–H and O–H groups in total. The van der Waals surface area contributed by atoms with Gasteiger partial charge in [0.25, 0.3) is 0 Å². The lowest BCUT2D eigenvalue weighted by molar-refractivity contribution is -0.183. The van der Waals surface area contributed by atoms with E-state index in [1.165, 1.54) is 0 Å². The van der Waals surface area contributed by atoms with E-state index >= 15 is 0 Å². The molecule has 0 spiro atoms. The van der Waals surface area contributed by atoms with E-state index in [0.717, 1.165) is 12.8 Å². The topological polar surface area (TPSA) is 53.6 Å². The molecule has 0 aromatic carbocycles. The van der Waals surface area contributed by atoms with Crippen molar-refractivity contribution in [3.05, 3.63) is 0 Å². The van der Waals surface area contributed by atoms with Crippen LogP contribution in [-0.4, -0.2) is 36.7 Å². The molecular weight excluding hydrogens is 245 g/mol. The molecule has 0 aromatic heterocycles. The van der Waals surface area contributed by atoms with Crippen molar-refractivity contribution in [3.63, 3.8) is 0 Å². The van der Waals surface area contributed by atoms with Gasteiger partial charge in [-0.1, -0.05) is 13.3 Å². The standard InChI is InChI=1S/C11H21F3N4/c1-2-3-6-16-10(17-15)18-7-4-5-9(8-18)11(12,13)14/h9H,2-8,15H2,1H3,(H,16,17). The summed E-state index contributed by atoms with van der Waals surface area (Å²) in [6, 6.07) is 0. The van der Waals surface area contributed by atoms with Gasteiger partial charge in [0.1, 0.15) is 0 Å². The highest BCUT2D eigenvalue weighted by atomic mass is 19.4. The third-order valence-electron chi connectivity index (χ3n) is 3.09. The third-order valence-corrected chi connectivity index (χ3v) is 3.09. The van der Waals surface area contributed by atoms with E-state index < -0.39 is 12.1 Å². The summed E-state index contributed by atoms with van der Waals surface area (Å²) in [5, 5.41) is 0. The quantitative estimate of drug-likeness (QED) is 0.270. The summed E-state index contributed by atoms with van der Waals surface area (Å²) in [6.07, 6.45) is -1.54. The summed E-state index contributed by atoms with van der Waals surface area (Å²) >= 11 is 0. The highest BCUT2D eigenvalue weighted by Crippen LogP contribution is 2.32. The fourth-order valence-corrected chi connectivity index (χ4v) is 2.02. The van der Waals surface area contributed by atoms with Crippen LogP contribution < -0.4 is 11.3 Å². The number of piperidine rings is 1. The van der Waals surface area contributed by atoms with Gasteiger partial charge in [0.2, 0.25) is 5.96 Å². The van der Waals surface area contributed by atoms with E-state index in [1.54, 1.807) is 4.90 Å². The SMILES string of the molecule is CCCCN=C(NN)N1CCCC(C(F)(F)F)C1. The molecule has 1 aliphatic heterocycles. The number of hydrogen-bond acceptors (Lipinski definition) is 2. The zero-order valence-corrected chi connectivity index (χ0v) is 10.6. The number of halogens is 3. The Kier molecular flexibility index (Phi) is 5.71. The molecule has 0 bridgehead atoms. The lowest BCUT2D eigenvalue weighted by atomic mass is 9.98. The second kappa shape index (κ2) is 6.82. The first kappa shape index (κ1) is 15.1. The predicted molar refractivity (Wildman–Crippen MR) is 64.9 cm³/mol. The highest BCUT2D eigenvalue weighted by Gasteiger charge is 2.42. The Labute approximate surface area is 105 Å². The van der Waals surface area contributed by atoms with Gasteiger partial charge in [-0.25, -0.2) is 5.84 Å². The Hall–Kier alpha value is -0.980. The first-order valence-corrected chi connectivity index (χ1v) is 6.31. The molecule has 1 atom stereocenters. The minimum Gasteiger partial charge on any atom is -0.341 e. The average Bonchev–Trinajstić information content (AvgIpc) is 2.34. The zero-order chi connectivity index (χ0) is 13.6. The zero-order valence-electron chi connectivity index (χ0n) is 10.6. The van der Waals surface area contributed by atoms with Crippen molar-refractivity contribution in [1.82, 2.24) is 10.3 Å². The number of nitrogens with zero attached hydrogens (tertiary/aromatic N) is 2. The predicted octanol–water partition coefficient (Wildman–Crippen LogP) is 1.88. The molecule has 1 rings (SSSR count). The third kappa shape index (κ3) is 4.36.